The summed E-state index contributed by atoms with van der Waals surface area (Å²) in [6.07, 6.45) is 1.84. The van der Waals surface area contributed by atoms with Crippen molar-refractivity contribution in [1.82, 2.24) is 10.5 Å². The fraction of sp³-hybridized carbons (Fsp3) is 0.393. The monoisotopic (exact) mass is 522 g/mol. The fourth-order valence-electron chi connectivity index (χ4n) is 4.67. The molecule has 0 spiro atoms. The van der Waals surface area contributed by atoms with Crippen LogP contribution in [0, 0.1) is 18.7 Å². The lowest BCUT2D eigenvalue weighted by molar-refractivity contribution is 0.0637. The molecule has 38 heavy (non-hydrogen) atoms. The van der Waals surface area contributed by atoms with Crippen molar-refractivity contribution in [3.05, 3.63) is 65.2 Å². The normalized spacial score (nSPS) is 16.3. The molecule has 0 aliphatic carbocycles. The molecule has 1 aromatic heterocycles. The van der Waals surface area contributed by atoms with E-state index in [9.17, 15) is 14.0 Å². The SMILES string of the molecule is Cc1ccc(NC(=O)c2cc(F)cc(N3CCOCC3)c2)cc1-c1cc(C(=O)NCC2CCOCC2)on1. The van der Waals surface area contributed by atoms with Crippen LogP contribution in [0.3, 0.4) is 0 Å². The Hall–Kier alpha value is -3.76. The molecule has 2 amide bonds. The Bertz CT molecular complexity index is 1300. The first-order valence-corrected chi connectivity index (χ1v) is 12.8. The van der Waals surface area contributed by atoms with Gasteiger partial charge in [0.05, 0.1) is 13.2 Å². The van der Waals surface area contributed by atoms with E-state index in [1.807, 2.05) is 17.9 Å². The average Bonchev–Trinajstić information content (AvgIpc) is 3.44. The summed E-state index contributed by atoms with van der Waals surface area (Å²) >= 11 is 0. The summed E-state index contributed by atoms with van der Waals surface area (Å²) in [5.74, 6) is -0.715. The Morgan fingerprint density at radius 1 is 1.00 bits per heavy atom. The zero-order chi connectivity index (χ0) is 26.5. The van der Waals surface area contributed by atoms with Crippen LogP contribution in [-0.4, -0.2) is 63.0 Å². The lowest BCUT2D eigenvalue weighted by Gasteiger charge is -2.29. The Morgan fingerprint density at radius 3 is 2.55 bits per heavy atom. The number of benzene rings is 2. The van der Waals surface area contributed by atoms with Gasteiger partial charge in [-0.3, -0.25) is 9.59 Å². The number of aromatic nitrogens is 1. The maximum Gasteiger partial charge on any atom is 0.289 e. The third kappa shape index (κ3) is 6.20. The first-order valence-electron chi connectivity index (χ1n) is 12.8. The van der Waals surface area contributed by atoms with Crippen LogP contribution < -0.4 is 15.5 Å². The zero-order valence-corrected chi connectivity index (χ0v) is 21.3. The van der Waals surface area contributed by atoms with Crippen LogP contribution >= 0.6 is 0 Å². The number of rotatable bonds is 7. The average molecular weight is 523 g/mol. The Labute approximate surface area is 220 Å². The van der Waals surface area contributed by atoms with Crippen LogP contribution in [0.4, 0.5) is 15.8 Å². The van der Waals surface area contributed by atoms with Gasteiger partial charge < -0.3 is 29.5 Å². The smallest absolute Gasteiger partial charge is 0.289 e. The second kappa shape index (κ2) is 11.7. The second-order valence-corrected chi connectivity index (χ2v) is 9.62. The highest BCUT2D eigenvalue weighted by Crippen LogP contribution is 2.27. The van der Waals surface area contributed by atoms with E-state index in [0.717, 1.165) is 18.4 Å². The molecule has 0 unspecified atom stereocenters. The van der Waals surface area contributed by atoms with Crippen molar-refractivity contribution in [1.29, 1.82) is 0 Å². The summed E-state index contributed by atoms with van der Waals surface area (Å²) in [6, 6.07) is 11.3. The first-order chi connectivity index (χ1) is 18.5. The molecule has 3 aromatic rings. The molecule has 9 nitrogen and oxygen atoms in total. The number of hydrogen-bond acceptors (Lipinski definition) is 7. The molecule has 0 saturated carbocycles. The predicted octanol–water partition coefficient (Wildman–Crippen LogP) is 4.03. The molecule has 2 N–H and O–H groups in total. The number of hydrogen-bond donors (Lipinski definition) is 2. The summed E-state index contributed by atoms with van der Waals surface area (Å²) < 4.78 is 30.4. The van der Waals surface area contributed by atoms with Crippen LogP contribution in [0.15, 0.2) is 47.0 Å². The van der Waals surface area contributed by atoms with Gasteiger partial charge in [-0.15, -0.1) is 0 Å². The molecule has 2 aliphatic heterocycles. The zero-order valence-electron chi connectivity index (χ0n) is 21.3. The second-order valence-electron chi connectivity index (χ2n) is 9.62. The van der Waals surface area contributed by atoms with Crippen molar-refractivity contribution in [3.8, 4) is 11.3 Å². The van der Waals surface area contributed by atoms with E-state index >= 15 is 0 Å². The molecule has 10 heteroatoms. The van der Waals surface area contributed by atoms with E-state index in [-0.39, 0.29) is 17.2 Å². The Balaban J connectivity index is 1.27. The lowest BCUT2D eigenvalue weighted by Crippen LogP contribution is -2.36. The molecule has 5 rings (SSSR count). The highest BCUT2D eigenvalue weighted by atomic mass is 19.1. The first kappa shape index (κ1) is 25.9. The van der Waals surface area contributed by atoms with Crippen LogP contribution in [0.5, 0.6) is 0 Å². The maximum absolute atomic E-state index is 14.4. The van der Waals surface area contributed by atoms with E-state index in [1.165, 1.54) is 12.1 Å². The van der Waals surface area contributed by atoms with Crippen molar-refractivity contribution in [3.63, 3.8) is 0 Å². The number of morpholine rings is 1. The van der Waals surface area contributed by atoms with Crippen molar-refractivity contribution in [2.24, 2.45) is 5.92 Å². The largest absolute Gasteiger partial charge is 0.381 e. The van der Waals surface area contributed by atoms with Gasteiger partial charge >= 0.3 is 0 Å². The van der Waals surface area contributed by atoms with E-state index < -0.39 is 11.7 Å². The van der Waals surface area contributed by atoms with E-state index in [4.69, 9.17) is 14.0 Å². The van der Waals surface area contributed by atoms with Gasteiger partial charge in [-0.05, 0) is 61.6 Å². The summed E-state index contributed by atoms with van der Waals surface area (Å²) in [7, 11) is 0. The Morgan fingerprint density at radius 2 is 1.76 bits per heavy atom. The molecular formula is C28H31FN4O5. The molecule has 200 valence electrons. The van der Waals surface area contributed by atoms with Crippen molar-refractivity contribution >= 4 is 23.2 Å². The fourth-order valence-corrected chi connectivity index (χ4v) is 4.67. The minimum Gasteiger partial charge on any atom is -0.381 e. The summed E-state index contributed by atoms with van der Waals surface area (Å²) in [5, 5.41) is 9.84. The lowest BCUT2D eigenvalue weighted by atomic mass is 10.0. The number of ether oxygens (including phenoxy) is 2. The van der Waals surface area contributed by atoms with Crippen LogP contribution in [0.1, 0.15) is 39.3 Å². The number of anilines is 2. The number of nitrogens with zero attached hydrogens (tertiary/aromatic N) is 2. The number of carbonyl (C=O) groups is 2. The van der Waals surface area contributed by atoms with Gasteiger partial charge in [0.1, 0.15) is 11.5 Å². The van der Waals surface area contributed by atoms with Gasteiger partial charge in [0.15, 0.2) is 0 Å². The number of amides is 2. The minimum atomic E-state index is -0.478. The standard InChI is InChI=1S/C28H31FN4O5/c1-18-2-3-22(31-27(34)20-12-21(29)14-23(13-20)33-6-10-37-11-7-33)15-24(18)25-16-26(38-32-25)28(35)30-17-19-4-8-36-9-5-19/h2-3,12-16,19H,4-11,17H2,1H3,(H,30,35)(H,31,34). The third-order valence-corrected chi connectivity index (χ3v) is 6.92. The van der Waals surface area contributed by atoms with Crippen LogP contribution in [-0.2, 0) is 9.47 Å². The summed E-state index contributed by atoms with van der Waals surface area (Å²) in [5.41, 5.74) is 3.47. The number of aryl methyl sites for hydroxylation is 1. The quantitative estimate of drug-likeness (QED) is 0.483. The molecule has 3 heterocycles. The van der Waals surface area contributed by atoms with Crippen molar-refractivity contribution < 1.29 is 28.0 Å². The van der Waals surface area contributed by atoms with Crippen molar-refractivity contribution in [2.45, 2.75) is 19.8 Å². The summed E-state index contributed by atoms with van der Waals surface area (Å²) in [4.78, 5) is 27.6. The van der Waals surface area contributed by atoms with Gasteiger partial charge in [0, 0.05) is 61.4 Å². The third-order valence-electron chi connectivity index (χ3n) is 6.92. The van der Waals surface area contributed by atoms with Crippen molar-refractivity contribution in [2.75, 3.05) is 56.3 Å². The van der Waals surface area contributed by atoms with Gasteiger partial charge in [-0.1, -0.05) is 11.2 Å². The molecule has 0 atom stereocenters. The minimum absolute atomic E-state index is 0.122. The number of carbonyl (C=O) groups excluding carboxylic acids is 2. The van der Waals surface area contributed by atoms with Gasteiger partial charge in [-0.25, -0.2) is 4.39 Å². The van der Waals surface area contributed by atoms with Crippen LogP contribution in [0.2, 0.25) is 0 Å². The molecule has 2 saturated heterocycles. The van der Waals surface area contributed by atoms with E-state index in [2.05, 4.69) is 15.8 Å². The van der Waals surface area contributed by atoms with Gasteiger partial charge in [-0.2, -0.15) is 0 Å². The topological polar surface area (TPSA) is 106 Å². The molecule has 2 aliphatic rings. The molecule has 0 radical (unpaired) electrons. The summed E-state index contributed by atoms with van der Waals surface area (Å²) in [6.45, 7) is 6.30. The molecule has 2 fully saturated rings. The molecule has 0 bridgehead atoms. The number of halogens is 1. The van der Waals surface area contributed by atoms with Crippen LogP contribution in [0.25, 0.3) is 11.3 Å². The predicted molar refractivity (Wildman–Crippen MR) is 140 cm³/mol. The van der Waals surface area contributed by atoms with Gasteiger partial charge in [0.25, 0.3) is 11.8 Å². The van der Waals surface area contributed by atoms with Gasteiger partial charge in [0.2, 0.25) is 5.76 Å². The number of nitrogens with one attached hydrogen (secondary N) is 2. The highest BCUT2D eigenvalue weighted by Gasteiger charge is 2.20. The Kier molecular flexibility index (Phi) is 8.00. The highest BCUT2D eigenvalue weighted by molar-refractivity contribution is 6.05. The molecule has 2 aromatic carbocycles. The maximum atomic E-state index is 14.4. The molecular weight excluding hydrogens is 491 g/mol. The van der Waals surface area contributed by atoms with E-state index in [0.29, 0.717) is 74.6 Å². The van der Waals surface area contributed by atoms with E-state index in [1.54, 1.807) is 24.3 Å².